The highest BCUT2D eigenvalue weighted by molar-refractivity contribution is 5.80. The first kappa shape index (κ1) is 13.4. The molecule has 0 fully saturated rings. The van der Waals surface area contributed by atoms with Crippen molar-refractivity contribution in [3.63, 3.8) is 0 Å². The first-order valence-corrected chi connectivity index (χ1v) is 5.70. The van der Waals surface area contributed by atoms with Gasteiger partial charge < -0.3 is 10.1 Å². The van der Waals surface area contributed by atoms with Crippen molar-refractivity contribution >= 4 is 5.91 Å². The number of nitrogens with one attached hydrogen (secondary N) is 1. The van der Waals surface area contributed by atoms with Crippen molar-refractivity contribution in [1.29, 1.82) is 0 Å². The van der Waals surface area contributed by atoms with Gasteiger partial charge in [0.15, 0.2) is 11.9 Å². The maximum atomic E-state index is 13.2. The van der Waals surface area contributed by atoms with Crippen LogP contribution in [0.2, 0.25) is 0 Å². The van der Waals surface area contributed by atoms with Crippen LogP contribution in [-0.4, -0.2) is 23.5 Å². The van der Waals surface area contributed by atoms with Crippen molar-refractivity contribution in [1.82, 2.24) is 10.3 Å². The molecule has 0 saturated heterocycles. The van der Waals surface area contributed by atoms with Crippen LogP contribution in [0.3, 0.4) is 0 Å². The predicted molar refractivity (Wildman–Crippen MR) is 62.2 cm³/mol. The molecule has 0 aromatic carbocycles. The standard InChI is InChI=1S/C12H17FN2O2/c1-3-4-7-15-12(16)9(2)17-10-6-5-8-14-11(10)13/h5-6,8-9H,3-4,7H2,1-2H3,(H,15,16). The van der Waals surface area contributed by atoms with Gasteiger partial charge in [0.1, 0.15) is 0 Å². The lowest BCUT2D eigenvalue weighted by Gasteiger charge is -2.14. The van der Waals surface area contributed by atoms with Gasteiger partial charge >= 0.3 is 0 Å². The van der Waals surface area contributed by atoms with Gasteiger partial charge in [-0.05, 0) is 25.5 Å². The number of ether oxygens (including phenoxy) is 1. The van der Waals surface area contributed by atoms with E-state index in [9.17, 15) is 9.18 Å². The molecule has 0 spiro atoms. The molecule has 0 aliphatic rings. The molecule has 1 aromatic rings. The monoisotopic (exact) mass is 240 g/mol. The second kappa shape index (κ2) is 6.83. The maximum Gasteiger partial charge on any atom is 0.260 e. The summed E-state index contributed by atoms with van der Waals surface area (Å²) >= 11 is 0. The third kappa shape index (κ3) is 4.38. The Morgan fingerprint density at radius 2 is 2.41 bits per heavy atom. The Balaban J connectivity index is 2.46. The van der Waals surface area contributed by atoms with E-state index in [1.807, 2.05) is 6.92 Å². The number of pyridine rings is 1. The van der Waals surface area contributed by atoms with Gasteiger partial charge in [0, 0.05) is 12.7 Å². The van der Waals surface area contributed by atoms with Gasteiger partial charge in [-0.2, -0.15) is 4.39 Å². The number of halogens is 1. The summed E-state index contributed by atoms with van der Waals surface area (Å²) in [4.78, 5) is 15.0. The second-order valence-corrected chi connectivity index (χ2v) is 3.70. The van der Waals surface area contributed by atoms with E-state index in [-0.39, 0.29) is 11.7 Å². The van der Waals surface area contributed by atoms with E-state index in [0.29, 0.717) is 6.54 Å². The highest BCUT2D eigenvalue weighted by atomic mass is 19.1. The number of hydrogen-bond donors (Lipinski definition) is 1. The molecule has 0 bridgehead atoms. The molecule has 0 aliphatic heterocycles. The van der Waals surface area contributed by atoms with E-state index in [4.69, 9.17) is 4.74 Å². The summed E-state index contributed by atoms with van der Waals surface area (Å²) in [6, 6.07) is 3.00. The number of carbonyl (C=O) groups excluding carboxylic acids is 1. The van der Waals surface area contributed by atoms with Crippen LogP contribution < -0.4 is 10.1 Å². The molecule has 0 saturated carbocycles. The number of amides is 1. The van der Waals surface area contributed by atoms with Crippen LogP contribution >= 0.6 is 0 Å². The highest BCUT2D eigenvalue weighted by Crippen LogP contribution is 2.14. The van der Waals surface area contributed by atoms with Crippen LogP contribution in [0.4, 0.5) is 4.39 Å². The second-order valence-electron chi connectivity index (χ2n) is 3.70. The Kier molecular flexibility index (Phi) is 5.39. The highest BCUT2D eigenvalue weighted by Gasteiger charge is 2.15. The average molecular weight is 240 g/mol. The van der Waals surface area contributed by atoms with Gasteiger partial charge in [-0.15, -0.1) is 0 Å². The maximum absolute atomic E-state index is 13.2. The van der Waals surface area contributed by atoms with E-state index >= 15 is 0 Å². The van der Waals surface area contributed by atoms with Crippen LogP contribution in [0, 0.1) is 5.95 Å². The molecule has 1 aromatic heterocycles. The molecule has 0 aliphatic carbocycles. The summed E-state index contributed by atoms with van der Waals surface area (Å²) in [6.45, 7) is 4.23. The van der Waals surface area contributed by atoms with E-state index in [0.717, 1.165) is 12.8 Å². The molecule has 94 valence electrons. The van der Waals surface area contributed by atoms with E-state index < -0.39 is 12.1 Å². The van der Waals surface area contributed by atoms with E-state index in [2.05, 4.69) is 10.3 Å². The Bertz CT molecular complexity index is 371. The van der Waals surface area contributed by atoms with Crippen LogP contribution in [0.15, 0.2) is 18.3 Å². The lowest BCUT2D eigenvalue weighted by molar-refractivity contribution is -0.127. The molecule has 1 heterocycles. The fourth-order valence-electron chi connectivity index (χ4n) is 1.24. The number of aromatic nitrogens is 1. The Morgan fingerprint density at radius 1 is 1.65 bits per heavy atom. The molecule has 4 nitrogen and oxygen atoms in total. The summed E-state index contributed by atoms with van der Waals surface area (Å²) < 4.78 is 18.3. The summed E-state index contributed by atoms with van der Waals surface area (Å²) in [6.07, 6.45) is 2.52. The van der Waals surface area contributed by atoms with Gasteiger partial charge in [-0.3, -0.25) is 4.79 Å². The SMILES string of the molecule is CCCCNC(=O)C(C)Oc1cccnc1F. The van der Waals surface area contributed by atoms with Gasteiger partial charge in [0.2, 0.25) is 0 Å². The normalized spacial score (nSPS) is 11.9. The van der Waals surface area contributed by atoms with Gasteiger partial charge in [-0.1, -0.05) is 13.3 Å². The number of unbranched alkanes of at least 4 members (excludes halogenated alkanes) is 1. The largest absolute Gasteiger partial charge is 0.476 e. The molecule has 1 atom stereocenters. The minimum absolute atomic E-state index is 0.00867. The van der Waals surface area contributed by atoms with Crippen molar-refractivity contribution in [2.24, 2.45) is 0 Å². The zero-order valence-corrected chi connectivity index (χ0v) is 10.1. The van der Waals surface area contributed by atoms with E-state index in [1.54, 1.807) is 13.0 Å². The smallest absolute Gasteiger partial charge is 0.260 e. The van der Waals surface area contributed by atoms with Crippen molar-refractivity contribution in [3.05, 3.63) is 24.3 Å². The molecular weight excluding hydrogens is 223 g/mol. The third-order valence-corrected chi connectivity index (χ3v) is 2.23. The molecule has 0 radical (unpaired) electrons. The zero-order chi connectivity index (χ0) is 12.7. The summed E-state index contributed by atoms with van der Waals surface area (Å²) in [5.74, 6) is -0.965. The molecule has 1 unspecified atom stereocenters. The van der Waals surface area contributed by atoms with Crippen LogP contribution in [0.1, 0.15) is 26.7 Å². The van der Waals surface area contributed by atoms with Gasteiger partial charge in [-0.25, -0.2) is 4.98 Å². The minimum atomic E-state index is -0.731. The lowest BCUT2D eigenvalue weighted by Crippen LogP contribution is -2.36. The summed E-state index contributed by atoms with van der Waals surface area (Å²) in [5.41, 5.74) is 0. The molecule has 1 rings (SSSR count). The minimum Gasteiger partial charge on any atom is -0.476 e. The fourth-order valence-corrected chi connectivity index (χ4v) is 1.24. The van der Waals surface area contributed by atoms with Gasteiger partial charge in [0.05, 0.1) is 0 Å². The van der Waals surface area contributed by atoms with Crippen molar-refractivity contribution < 1.29 is 13.9 Å². The summed E-state index contributed by atoms with van der Waals surface area (Å²) in [5, 5.41) is 2.72. The number of rotatable bonds is 6. The first-order valence-electron chi connectivity index (χ1n) is 5.70. The van der Waals surface area contributed by atoms with Gasteiger partial charge in [0.25, 0.3) is 11.9 Å². The number of hydrogen-bond acceptors (Lipinski definition) is 3. The van der Waals surface area contributed by atoms with Crippen LogP contribution in [0.5, 0.6) is 5.75 Å². The molecule has 17 heavy (non-hydrogen) atoms. The zero-order valence-electron chi connectivity index (χ0n) is 10.1. The molecular formula is C12H17FN2O2. The lowest BCUT2D eigenvalue weighted by atomic mass is 10.3. The van der Waals surface area contributed by atoms with Crippen molar-refractivity contribution in [2.45, 2.75) is 32.8 Å². The van der Waals surface area contributed by atoms with E-state index in [1.165, 1.54) is 12.3 Å². The number of nitrogens with zero attached hydrogens (tertiary/aromatic N) is 1. The van der Waals surface area contributed by atoms with Crippen molar-refractivity contribution in [3.8, 4) is 5.75 Å². The predicted octanol–water partition coefficient (Wildman–Crippen LogP) is 1.90. The Hall–Kier alpha value is -1.65. The Labute approximate surface area is 100 Å². The Morgan fingerprint density at radius 3 is 3.06 bits per heavy atom. The third-order valence-electron chi connectivity index (χ3n) is 2.23. The fraction of sp³-hybridized carbons (Fsp3) is 0.500. The van der Waals surface area contributed by atoms with Crippen molar-refractivity contribution in [2.75, 3.05) is 6.54 Å². The molecule has 1 amide bonds. The average Bonchev–Trinajstić information content (AvgIpc) is 2.32. The first-order chi connectivity index (χ1) is 8.15. The molecule has 1 N–H and O–H groups in total. The molecule has 5 heteroatoms. The summed E-state index contributed by atoms with van der Waals surface area (Å²) in [7, 11) is 0. The van der Waals surface area contributed by atoms with Crippen LogP contribution in [0.25, 0.3) is 0 Å². The topological polar surface area (TPSA) is 51.2 Å². The number of carbonyl (C=O) groups is 1. The van der Waals surface area contributed by atoms with Crippen LogP contribution in [-0.2, 0) is 4.79 Å². The quantitative estimate of drug-likeness (QED) is 0.610.